The van der Waals surface area contributed by atoms with E-state index in [4.69, 9.17) is 0 Å². The first-order chi connectivity index (χ1) is 8.20. The van der Waals surface area contributed by atoms with E-state index in [0.717, 1.165) is 12.5 Å². The monoisotopic (exact) mass is 257 g/mol. The van der Waals surface area contributed by atoms with Crippen molar-refractivity contribution in [1.29, 1.82) is 0 Å². The summed E-state index contributed by atoms with van der Waals surface area (Å²) in [5.74, 6) is 3.38. The van der Waals surface area contributed by atoms with Crippen molar-refractivity contribution in [1.82, 2.24) is 5.32 Å². The lowest BCUT2D eigenvalue weighted by Gasteiger charge is -2.18. The fraction of sp³-hybridized carbons (Fsp3) is 0.867. The number of thioether (sulfide) groups is 1. The molecule has 0 aliphatic carbocycles. The van der Waals surface area contributed by atoms with Crippen LogP contribution < -0.4 is 5.32 Å². The summed E-state index contributed by atoms with van der Waals surface area (Å²) < 4.78 is 0. The minimum absolute atomic E-state index is 0.715. The van der Waals surface area contributed by atoms with Gasteiger partial charge in [-0.3, -0.25) is 0 Å². The lowest BCUT2D eigenvalue weighted by atomic mass is 10.1. The van der Waals surface area contributed by atoms with Gasteiger partial charge in [-0.25, -0.2) is 0 Å². The Morgan fingerprint density at radius 2 is 1.94 bits per heavy atom. The first-order valence-corrected chi connectivity index (χ1v) is 8.28. The van der Waals surface area contributed by atoms with Crippen LogP contribution >= 0.6 is 11.8 Å². The van der Waals surface area contributed by atoms with Crippen LogP contribution in [0.3, 0.4) is 0 Å². The average Bonchev–Trinajstić information content (AvgIpc) is 2.28. The second-order valence-corrected chi connectivity index (χ2v) is 6.19. The summed E-state index contributed by atoms with van der Waals surface area (Å²) in [6.45, 7) is 11.7. The van der Waals surface area contributed by atoms with E-state index in [2.05, 4.69) is 44.4 Å². The molecule has 0 heterocycles. The normalized spacial score (nSPS) is 12.9. The standard InChI is InChI=1S/C15H31NS/c1-5-7-8-9-10-11-15(16-6-2)13-17-12-14(3)4/h5,14-16H,1,6-13H2,2-4H3. The van der Waals surface area contributed by atoms with E-state index >= 15 is 0 Å². The summed E-state index contributed by atoms with van der Waals surface area (Å²) in [7, 11) is 0. The average molecular weight is 257 g/mol. The Balaban J connectivity index is 3.55. The van der Waals surface area contributed by atoms with Crippen LogP contribution in [0.15, 0.2) is 12.7 Å². The second-order valence-electron chi connectivity index (χ2n) is 5.11. The summed E-state index contributed by atoms with van der Waals surface area (Å²) in [5.41, 5.74) is 0. The van der Waals surface area contributed by atoms with E-state index in [1.807, 2.05) is 6.08 Å². The molecule has 1 N–H and O–H groups in total. The van der Waals surface area contributed by atoms with Crippen molar-refractivity contribution >= 4 is 11.8 Å². The van der Waals surface area contributed by atoms with Gasteiger partial charge in [0.15, 0.2) is 0 Å². The highest BCUT2D eigenvalue weighted by Gasteiger charge is 2.07. The summed E-state index contributed by atoms with van der Waals surface area (Å²) in [4.78, 5) is 0. The van der Waals surface area contributed by atoms with E-state index in [1.165, 1.54) is 43.6 Å². The molecule has 0 spiro atoms. The van der Waals surface area contributed by atoms with E-state index in [9.17, 15) is 0 Å². The summed E-state index contributed by atoms with van der Waals surface area (Å²) in [5, 5.41) is 3.61. The van der Waals surface area contributed by atoms with E-state index in [0.29, 0.717) is 6.04 Å². The predicted molar refractivity (Wildman–Crippen MR) is 82.9 cm³/mol. The summed E-state index contributed by atoms with van der Waals surface area (Å²) >= 11 is 2.10. The van der Waals surface area contributed by atoms with Crippen molar-refractivity contribution in [2.45, 2.75) is 58.9 Å². The molecule has 0 aromatic carbocycles. The van der Waals surface area contributed by atoms with Gasteiger partial charge in [0.2, 0.25) is 0 Å². The van der Waals surface area contributed by atoms with E-state index < -0.39 is 0 Å². The van der Waals surface area contributed by atoms with Crippen LogP contribution in [0, 0.1) is 5.92 Å². The Morgan fingerprint density at radius 3 is 2.53 bits per heavy atom. The molecule has 0 aromatic rings. The Labute approximate surface area is 113 Å². The predicted octanol–water partition coefficient (Wildman–Crippen LogP) is 4.49. The third-order valence-electron chi connectivity index (χ3n) is 2.72. The first kappa shape index (κ1) is 17.1. The number of allylic oxidation sites excluding steroid dienone is 1. The number of unbranched alkanes of at least 4 members (excludes halogenated alkanes) is 3. The van der Waals surface area contributed by atoms with Gasteiger partial charge < -0.3 is 5.32 Å². The topological polar surface area (TPSA) is 12.0 Å². The highest BCUT2D eigenvalue weighted by Crippen LogP contribution is 2.13. The summed E-state index contributed by atoms with van der Waals surface area (Å²) in [6.07, 6.45) is 8.54. The molecular weight excluding hydrogens is 226 g/mol. The van der Waals surface area contributed by atoms with Gasteiger partial charge in [0.25, 0.3) is 0 Å². The van der Waals surface area contributed by atoms with Crippen LogP contribution in [0.25, 0.3) is 0 Å². The molecule has 0 saturated heterocycles. The quantitative estimate of drug-likeness (QED) is 0.408. The molecule has 0 rings (SSSR count). The molecule has 1 atom stereocenters. The van der Waals surface area contributed by atoms with Crippen molar-refractivity contribution in [2.75, 3.05) is 18.1 Å². The maximum absolute atomic E-state index is 3.76. The Kier molecular flexibility index (Phi) is 12.5. The van der Waals surface area contributed by atoms with Gasteiger partial charge in [-0.1, -0.05) is 39.7 Å². The SMILES string of the molecule is C=CCCCCCC(CSCC(C)C)NCC. The molecule has 0 fully saturated rings. The molecule has 0 aliphatic heterocycles. The molecule has 0 aliphatic rings. The molecule has 1 nitrogen and oxygen atoms in total. The van der Waals surface area contributed by atoms with Crippen molar-refractivity contribution < 1.29 is 0 Å². The molecule has 0 aromatic heterocycles. The lowest BCUT2D eigenvalue weighted by molar-refractivity contribution is 0.502. The zero-order valence-corrected chi connectivity index (χ0v) is 12.8. The molecule has 0 bridgehead atoms. The van der Waals surface area contributed by atoms with E-state index in [-0.39, 0.29) is 0 Å². The van der Waals surface area contributed by atoms with Crippen LogP contribution in [0.5, 0.6) is 0 Å². The van der Waals surface area contributed by atoms with Crippen molar-refractivity contribution in [3.05, 3.63) is 12.7 Å². The minimum Gasteiger partial charge on any atom is -0.313 e. The Hall–Kier alpha value is 0.0500. The first-order valence-electron chi connectivity index (χ1n) is 7.12. The molecule has 0 amide bonds. The highest BCUT2D eigenvalue weighted by atomic mass is 32.2. The molecular formula is C15H31NS. The minimum atomic E-state index is 0.715. The Bertz CT molecular complexity index is 168. The van der Waals surface area contributed by atoms with Gasteiger partial charge in [-0.05, 0) is 37.5 Å². The molecule has 1 unspecified atom stereocenters. The summed E-state index contributed by atoms with van der Waals surface area (Å²) in [6, 6.07) is 0.715. The van der Waals surface area contributed by atoms with Gasteiger partial charge in [0.1, 0.15) is 0 Å². The maximum Gasteiger partial charge on any atom is 0.0158 e. The molecule has 2 heteroatoms. The fourth-order valence-electron chi connectivity index (χ4n) is 1.84. The Morgan fingerprint density at radius 1 is 1.18 bits per heavy atom. The van der Waals surface area contributed by atoms with Crippen LogP contribution in [0.1, 0.15) is 52.9 Å². The third kappa shape index (κ3) is 12.3. The fourth-order valence-corrected chi connectivity index (χ4v) is 3.01. The van der Waals surface area contributed by atoms with Crippen LogP contribution in [0.2, 0.25) is 0 Å². The number of rotatable bonds is 12. The lowest BCUT2D eigenvalue weighted by Crippen LogP contribution is -2.31. The zero-order valence-electron chi connectivity index (χ0n) is 12.0. The smallest absolute Gasteiger partial charge is 0.0158 e. The van der Waals surface area contributed by atoms with Gasteiger partial charge in [0.05, 0.1) is 0 Å². The van der Waals surface area contributed by atoms with E-state index in [1.54, 1.807) is 0 Å². The van der Waals surface area contributed by atoms with Crippen molar-refractivity contribution in [3.8, 4) is 0 Å². The van der Waals surface area contributed by atoms with Crippen LogP contribution in [-0.4, -0.2) is 24.1 Å². The third-order valence-corrected chi connectivity index (χ3v) is 4.26. The van der Waals surface area contributed by atoms with Gasteiger partial charge >= 0.3 is 0 Å². The van der Waals surface area contributed by atoms with Crippen molar-refractivity contribution in [3.63, 3.8) is 0 Å². The second kappa shape index (κ2) is 12.5. The maximum atomic E-state index is 3.76. The van der Waals surface area contributed by atoms with Gasteiger partial charge in [-0.15, -0.1) is 6.58 Å². The van der Waals surface area contributed by atoms with Crippen LogP contribution in [0.4, 0.5) is 0 Å². The largest absolute Gasteiger partial charge is 0.313 e. The number of nitrogens with one attached hydrogen (secondary N) is 1. The highest BCUT2D eigenvalue weighted by molar-refractivity contribution is 7.99. The molecule has 0 saturated carbocycles. The number of hydrogen-bond donors (Lipinski definition) is 1. The van der Waals surface area contributed by atoms with Crippen LogP contribution in [-0.2, 0) is 0 Å². The zero-order chi connectivity index (χ0) is 12.9. The van der Waals surface area contributed by atoms with Crippen molar-refractivity contribution in [2.24, 2.45) is 5.92 Å². The molecule has 0 radical (unpaired) electrons. The van der Waals surface area contributed by atoms with Gasteiger partial charge in [0, 0.05) is 11.8 Å². The number of hydrogen-bond acceptors (Lipinski definition) is 2. The van der Waals surface area contributed by atoms with Gasteiger partial charge in [-0.2, -0.15) is 11.8 Å². The molecule has 102 valence electrons. The molecule has 17 heavy (non-hydrogen) atoms.